The molecular weight excluding hydrogens is 252 g/mol. The molecule has 1 aromatic heterocycles. The van der Waals surface area contributed by atoms with Gasteiger partial charge in [0.15, 0.2) is 0 Å². The van der Waals surface area contributed by atoms with Gasteiger partial charge in [-0.3, -0.25) is 0 Å². The third-order valence-electron chi connectivity index (χ3n) is 3.20. The van der Waals surface area contributed by atoms with Crippen molar-refractivity contribution in [3.63, 3.8) is 0 Å². The second-order valence-corrected chi connectivity index (χ2v) is 4.89. The molecule has 0 fully saturated rings. The maximum Gasteiger partial charge on any atom is 0.137 e. The number of nitrogens with zero attached hydrogens (tertiary/aromatic N) is 2. The largest absolute Gasteiger partial charge is 0.394 e. The molecule has 2 rings (SSSR count). The molecule has 20 heavy (non-hydrogen) atoms. The topological polar surface area (TPSA) is 58.3 Å². The minimum Gasteiger partial charge on any atom is -0.394 e. The minimum atomic E-state index is -0.660. The van der Waals surface area contributed by atoms with Gasteiger partial charge in [0, 0.05) is 12.4 Å². The van der Waals surface area contributed by atoms with Crippen LogP contribution in [0.5, 0.6) is 0 Å². The number of aromatic nitrogens is 2. The normalized spacial score (nSPS) is 14.6. The Kier molecular flexibility index (Phi) is 4.71. The quantitative estimate of drug-likeness (QED) is 0.879. The summed E-state index contributed by atoms with van der Waals surface area (Å²) in [7, 11) is 0. The van der Waals surface area contributed by atoms with Crippen LogP contribution in [0.1, 0.15) is 36.0 Å². The van der Waals surface area contributed by atoms with Crippen molar-refractivity contribution in [3.05, 3.63) is 59.7 Å². The average Bonchev–Trinajstić information content (AvgIpc) is 2.91. The molecule has 1 aromatic carbocycles. The first-order chi connectivity index (χ1) is 9.61. The van der Waals surface area contributed by atoms with Crippen molar-refractivity contribution < 1.29 is 10.2 Å². The van der Waals surface area contributed by atoms with E-state index in [0.717, 1.165) is 5.56 Å². The fourth-order valence-corrected chi connectivity index (χ4v) is 2.07. The van der Waals surface area contributed by atoms with E-state index in [1.54, 1.807) is 23.9 Å². The predicted octanol–water partition coefficient (Wildman–Crippen LogP) is 2.49. The molecule has 106 valence electrons. The smallest absolute Gasteiger partial charge is 0.137 e. The van der Waals surface area contributed by atoms with Crippen molar-refractivity contribution in [1.29, 1.82) is 0 Å². The van der Waals surface area contributed by atoms with Crippen LogP contribution in [-0.2, 0) is 0 Å². The van der Waals surface area contributed by atoms with Crippen LogP contribution in [0, 0.1) is 6.92 Å². The van der Waals surface area contributed by atoms with Crippen molar-refractivity contribution in [2.45, 2.75) is 26.0 Å². The van der Waals surface area contributed by atoms with E-state index < -0.39 is 6.10 Å². The molecule has 1 unspecified atom stereocenters. The molecular formula is C16H20N2O2. The van der Waals surface area contributed by atoms with Crippen molar-refractivity contribution in [2.24, 2.45) is 0 Å². The molecule has 0 saturated heterocycles. The molecule has 0 aliphatic carbocycles. The summed E-state index contributed by atoms with van der Waals surface area (Å²) in [6.45, 7) is 3.67. The number of aryl methyl sites for hydroxylation is 1. The van der Waals surface area contributed by atoms with Gasteiger partial charge in [-0.1, -0.05) is 42.0 Å². The summed E-state index contributed by atoms with van der Waals surface area (Å²) < 4.78 is 1.79. The first kappa shape index (κ1) is 14.5. The van der Waals surface area contributed by atoms with Crippen molar-refractivity contribution in [3.8, 4) is 0 Å². The molecule has 1 heterocycles. The Labute approximate surface area is 119 Å². The van der Waals surface area contributed by atoms with Gasteiger partial charge in [0.2, 0.25) is 0 Å². The Morgan fingerprint density at radius 3 is 2.60 bits per heavy atom. The SMILES string of the molecule is Cc1ccc(/C=C/C(CO)n2ccnc2[C@H](C)O)cc1. The monoisotopic (exact) mass is 272 g/mol. The highest BCUT2D eigenvalue weighted by molar-refractivity contribution is 5.50. The fraction of sp³-hybridized carbons (Fsp3) is 0.312. The van der Waals surface area contributed by atoms with Gasteiger partial charge in [-0.15, -0.1) is 0 Å². The lowest BCUT2D eigenvalue weighted by molar-refractivity contribution is 0.175. The van der Waals surface area contributed by atoms with Gasteiger partial charge in [0.1, 0.15) is 11.9 Å². The first-order valence-electron chi connectivity index (χ1n) is 6.68. The third-order valence-corrected chi connectivity index (χ3v) is 3.20. The zero-order chi connectivity index (χ0) is 14.5. The maximum atomic E-state index is 9.66. The van der Waals surface area contributed by atoms with E-state index >= 15 is 0 Å². The number of rotatable bonds is 5. The fourth-order valence-electron chi connectivity index (χ4n) is 2.07. The molecule has 0 aliphatic heterocycles. The highest BCUT2D eigenvalue weighted by atomic mass is 16.3. The lowest BCUT2D eigenvalue weighted by Crippen LogP contribution is -2.14. The molecule has 2 N–H and O–H groups in total. The highest BCUT2D eigenvalue weighted by Gasteiger charge is 2.14. The van der Waals surface area contributed by atoms with Crippen LogP contribution < -0.4 is 0 Å². The maximum absolute atomic E-state index is 9.66. The second-order valence-electron chi connectivity index (χ2n) is 4.89. The van der Waals surface area contributed by atoms with Crippen molar-refractivity contribution in [2.75, 3.05) is 6.61 Å². The molecule has 0 spiro atoms. The summed E-state index contributed by atoms with van der Waals surface area (Å²) in [5.74, 6) is 0.553. The highest BCUT2D eigenvalue weighted by Crippen LogP contribution is 2.18. The number of imidazole rings is 1. The summed E-state index contributed by atoms with van der Waals surface area (Å²) in [4.78, 5) is 4.12. The van der Waals surface area contributed by atoms with Crippen LogP contribution in [0.25, 0.3) is 6.08 Å². The van der Waals surface area contributed by atoms with E-state index in [2.05, 4.69) is 4.98 Å². The number of benzene rings is 1. The zero-order valence-electron chi connectivity index (χ0n) is 11.8. The lowest BCUT2D eigenvalue weighted by Gasteiger charge is -2.16. The first-order valence-corrected chi connectivity index (χ1v) is 6.68. The summed E-state index contributed by atoms with van der Waals surface area (Å²) in [5.41, 5.74) is 2.29. The van der Waals surface area contributed by atoms with Crippen LogP contribution in [0.15, 0.2) is 42.7 Å². The van der Waals surface area contributed by atoms with Gasteiger partial charge in [0.05, 0.1) is 12.6 Å². The summed E-state index contributed by atoms with van der Waals surface area (Å²) >= 11 is 0. The molecule has 0 aliphatic rings. The molecule has 0 saturated carbocycles. The molecule has 2 atom stereocenters. The van der Waals surface area contributed by atoms with Crippen molar-refractivity contribution in [1.82, 2.24) is 9.55 Å². The van der Waals surface area contributed by atoms with Gasteiger partial charge in [-0.25, -0.2) is 4.98 Å². The number of hydrogen-bond donors (Lipinski definition) is 2. The summed E-state index contributed by atoms with van der Waals surface area (Å²) in [6, 6.07) is 7.93. The summed E-state index contributed by atoms with van der Waals surface area (Å²) in [6.07, 6.45) is 6.61. The van der Waals surface area contributed by atoms with Crippen LogP contribution in [-0.4, -0.2) is 26.4 Å². The Morgan fingerprint density at radius 1 is 1.30 bits per heavy atom. The second kappa shape index (κ2) is 6.50. The minimum absolute atomic E-state index is 0.0432. The van der Waals surface area contributed by atoms with Crippen LogP contribution >= 0.6 is 0 Å². The Bertz CT molecular complexity index is 570. The van der Waals surface area contributed by atoms with Gasteiger partial charge in [0.25, 0.3) is 0 Å². The van der Waals surface area contributed by atoms with E-state index in [-0.39, 0.29) is 12.6 Å². The molecule has 4 heteroatoms. The average molecular weight is 272 g/mol. The van der Waals surface area contributed by atoms with Gasteiger partial charge in [-0.2, -0.15) is 0 Å². The lowest BCUT2D eigenvalue weighted by atomic mass is 10.1. The molecule has 0 bridgehead atoms. The molecule has 2 aromatic rings. The molecule has 0 amide bonds. The standard InChI is InChI=1S/C16H20N2O2/c1-12-3-5-14(6-4-12)7-8-15(11-19)18-10-9-17-16(18)13(2)20/h3-10,13,15,19-20H,11H2,1-2H3/b8-7+/t13-,15?/m0/s1. The number of hydrogen-bond acceptors (Lipinski definition) is 3. The number of aliphatic hydroxyl groups is 2. The van der Waals surface area contributed by atoms with Crippen molar-refractivity contribution >= 4 is 6.08 Å². The molecule has 4 nitrogen and oxygen atoms in total. The summed E-state index contributed by atoms with van der Waals surface area (Å²) in [5, 5.41) is 19.2. The van der Waals surface area contributed by atoms with E-state index in [1.807, 2.05) is 43.3 Å². The van der Waals surface area contributed by atoms with E-state index in [0.29, 0.717) is 5.82 Å². The number of aliphatic hydroxyl groups excluding tert-OH is 2. The van der Waals surface area contributed by atoms with E-state index in [9.17, 15) is 10.2 Å². The third kappa shape index (κ3) is 3.35. The van der Waals surface area contributed by atoms with E-state index in [4.69, 9.17) is 0 Å². The Hall–Kier alpha value is -1.91. The van der Waals surface area contributed by atoms with Gasteiger partial charge >= 0.3 is 0 Å². The van der Waals surface area contributed by atoms with Gasteiger partial charge in [-0.05, 0) is 19.4 Å². The molecule has 0 radical (unpaired) electrons. The van der Waals surface area contributed by atoms with Crippen LogP contribution in [0.3, 0.4) is 0 Å². The zero-order valence-corrected chi connectivity index (χ0v) is 11.8. The van der Waals surface area contributed by atoms with E-state index in [1.165, 1.54) is 5.56 Å². The Morgan fingerprint density at radius 2 is 2.00 bits per heavy atom. The van der Waals surface area contributed by atoms with Gasteiger partial charge < -0.3 is 14.8 Å². The van der Waals surface area contributed by atoms with Crippen LogP contribution in [0.4, 0.5) is 0 Å². The van der Waals surface area contributed by atoms with Crippen LogP contribution in [0.2, 0.25) is 0 Å². The predicted molar refractivity (Wildman–Crippen MR) is 79.2 cm³/mol. The Balaban J connectivity index is 2.20.